The standard InChI is InChI=1S/C12H11N3O5S.C7H6O2/c13-8-1-3-9(4-2-8)14-11-6-5-10(15(16)17)7-12(11)21(18,19)20;1-5-4-6(8)2-3-7(5)9/h1-7,14H,13H2,(H,18,19,20);2-4H,1H3. The van der Waals surface area contributed by atoms with Crippen LogP contribution in [0.3, 0.4) is 0 Å². The lowest BCUT2D eigenvalue weighted by Gasteiger charge is -2.10. The molecule has 0 bridgehead atoms. The normalized spacial score (nSPS) is 13.2. The second-order valence-corrected chi connectivity index (χ2v) is 7.48. The third-order valence-corrected chi connectivity index (χ3v) is 4.68. The molecule has 0 saturated heterocycles. The molecule has 3 rings (SSSR count). The highest BCUT2D eigenvalue weighted by molar-refractivity contribution is 7.86. The molecule has 1 aliphatic carbocycles. The fraction of sp³-hybridized carbons (Fsp3) is 0.0526. The molecule has 0 amide bonds. The number of non-ortho nitro benzene ring substituents is 1. The number of carbonyl (C=O) groups is 2. The Kier molecular flexibility index (Phi) is 6.82. The van der Waals surface area contributed by atoms with E-state index in [-0.39, 0.29) is 17.3 Å². The Balaban J connectivity index is 0.000000297. The van der Waals surface area contributed by atoms with E-state index in [1.165, 1.54) is 24.3 Å². The van der Waals surface area contributed by atoms with Crippen LogP contribution in [-0.4, -0.2) is 29.5 Å². The lowest BCUT2D eigenvalue weighted by molar-refractivity contribution is -0.385. The average Bonchev–Trinajstić information content (AvgIpc) is 2.66. The number of nitrogens with zero attached hydrogens (tertiary/aromatic N) is 1. The van der Waals surface area contributed by atoms with Crippen molar-refractivity contribution in [3.8, 4) is 0 Å². The molecule has 0 fully saturated rings. The smallest absolute Gasteiger partial charge is 0.296 e. The first kappa shape index (κ1) is 22.5. The number of nitro benzene ring substituents is 1. The highest BCUT2D eigenvalue weighted by Gasteiger charge is 2.20. The average molecular weight is 431 g/mol. The predicted molar refractivity (Wildman–Crippen MR) is 110 cm³/mol. The van der Waals surface area contributed by atoms with E-state index in [1.807, 2.05) is 0 Å². The Labute approximate surface area is 171 Å². The van der Waals surface area contributed by atoms with Gasteiger partial charge in [0.25, 0.3) is 15.8 Å². The molecule has 1 aliphatic rings. The Morgan fingerprint density at radius 1 is 1.07 bits per heavy atom. The van der Waals surface area contributed by atoms with Crippen LogP contribution in [0.4, 0.5) is 22.7 Å². The van der Waals surface area contributed by atoms with E-state index in [2.05, 4.69) is 5.32 Å². The fourth-order valence-electron chi connectivity index (χ4n) is 2.29. The van der Waals surface area contributed by atoms with Crippen LogP contribution >= 0.6 is 0 Å². The van der Waals surface area contributed by atoms with Crippen molar-refractivity contribution in [1.29, 1.82) is 0 Å². The van der Waals surface area contributed by atoms with E-state index < -0.39 is 25.6 Å². The molecule has 4 N–H and O–H groups in total. The first-order chi connectivity index (χ1) is 14.0. The summed E-state index contributed by atoms with van der Waals surface area (Å²) in [5.41, 5.74) is 6.68. The molecule has 0 unspecified atom stereocenters. The van der Waals surface area contributed by atoms with Crippen molar-refractivity contribution in [2.75, 3.05) is 11.1 Å². The van der Waals surface area contributed by atoms with E-state index in [4.69, 9.17) is 5.73 Å². The minimum atomic E-state index is -4.61. The van der Waals surface area contributed by atoms with Crippen molar-refractivity contribution in [1.82, 2.24) is 0 Å². The Bertz CT molecular complexity index is 1170. The van der Waals surface area contributed by atoms with Gasteiger partial charge in [0.2, 0.25) is 0 Å². The molecule has 2 aromatic rings. The van der Waals surface area contributed by atoms with Gasteiger partial charge in [-0.1, -0.05) is 0 Å². The van der Waals surface area contributed by atoms with Crippen molar-refractivity contribution in [3.63, 3.8) is 0 Å². The number of hydrogen-bond acceptors (Lipinski definition) is 8. The second-order valence-electron chi connectivity index (χ2n) is 6.09. The zero-order chi connectivity index (χ0) is 22.5. The van der Waals surface area contributed by atoms with Gasteiger partial charge in [-0.3, -0.25) is 24.3 Å². The molecule has 11 heteroatoms. The molecule has 2 aromatic carbocycles. The summed E-state index contributed by atoms with van der Waals surface area (Å²) < 4.78 is 31.9. The van der Waals surface area contributed by atoms with Crippen molar-refractivity contribution < 1.29 is 27.5 Å². The lowest BCUT2D eigenvalue weighted by atomic mass is 10.1. The molecule has 0 aromatic heterocycles. The summed E-state index contributed by atoms with van der Waals surface area (Å²) in [5.74, 6) is -0.179. The number of nitro groups is 1. The van der Waals surface area contributed by atoms with Gasteiger partial charge in [0.05, 0.1) is 10.6 Å². The molecule has 0 heterocycles. The van der Waals surface area contributed by atoms with E-state index in [0.717, 1.165) is 12.1 Å². The summed E-state index contributed by atoms with van der Waals surface area (Å²) in [6.45, 7) is 1.63. The number of nitrogens with two attached hydrogens (primary N) is 1. The summed E-state index contributed by atoms with van der Waals surface area (Å²) in [4.78, 5) is 30.5. The monoisotopic (exact) mass is 431 g/mol. The van der Waals surface area contributed by atoms with Gasteiger partial charge >= 0.3 is 0 Å². The minimum absolute atomic E-state index is 0.0212. The molecule has 0 aliphatic heterocycles. The number of nitrogens with one attached hydrogen (secondary N) is 1. The Morgan fingerprint density at radius 2 is 1.70 bits per heavy atom. The number of ketones is 2. The number of anilines is 3. The Hall–Kier alpha value is -3.83. The number of benzene rings is 2. The summed E-state index contributed by atoms with van der Waals surface area (Å²) in [6.07, 6.45) is 3.90. The van der Waals surface area contributed by atoms with E-state index in [1.54, 1.807) is 31.2 Å². The zero-order valence-corrected chi connectivity index (χ0v) is 16.4. The van der Waals surface area contributed by atoms with Crippen LogP contribution < -0.4 is 11.1 Å². The van der Waals surface area contributed by atoms with Crippen LogP contribution in [-0.2, 0) is 19.7 Å². The van der Waals surface area contributed by atoms with E-state index >= 15 is 0 Å². The van der Waals surface area contributed by atoms with Gasteiger partial charge in [-0.2, -0.15) is 8.42 Å². The van der Waals surface area contributed by atoms with Crippen LogP contribution in [0.25, 0.3) is 0 Å². The maximum absolute atomic E-state index is 11.3. The highest BCUT2D eigenvalue weighted by atomic mass is 32.2. The number of hydrogen-bond donors (Lipinski definition) is 3. The summed E-state index contributed by atoms with van der Waals surface area (Å²) >= 11 is 0. The highest BCUT2D eigenvalue weighted by Crippen LogP contribution is 2.29. The van der Waals surface area contributed by atoms with Gasteiger partial charge in [0, 0.05) is 29.1 Å². The van der Waals surface area contributed by atoms with Gasteiger partial charge in [-0.05, 0) is 55.5 Å². The molecular weight excluding hydrogens is 414 g/mol. The van der Waals surface area contributed by atoms with Crippen molar-refractivity contribution in [2.24, 2.45) is 0 Å². The van der Waals surface area contributed by atoms with Crippen LogP contribution in [0.2, 0.25) is 0 Å². The first-order valence-corrected chi connectivity index (χ1v) is 9.74. The number of nitrogen functional groups attached to an aromatic ring is 1. The molecule has 0 saturated carbocycles. The molecule has 0 radical (unpaired) electrons. The molecular formula is C19H17N3O7S. The maximum atomic E-state index is 11.3. The van der Waals surface area contributed by atoms with Crippen LogP contribution in [0.15, 0.2) is 71.2 Å². The Morgan fingerprint density at radius 3 is 2.20 bits per heavy atom. The van der Waals surface area contributed by atoms with Crippen molar-refractivity contribution >= 4 is 44.4 Å². The topological polar surface area (TPSA) is 170 Å². The van der Waals surface area contributed by atoms with Crippen LogP contribution in [0, 0.1) is 10.1 Å². The predicted octanol–water partition coefficient (Wildman–Crippen LogP) is 2.81. The first-order valence-electron chi connectivity index (χ1n) is 8.30. The van der Waals surface area contributed by atoms with Gasteiger partial charge < -0.3 is 11.1 Å². The largest absolute Gasteiger partial charge is 0.399 e. The van der Waals surface area contributed by atoms with Crippen LogP contribution in [0.5, 0.6) is 0 Å². The lowest BCUT2D eigenvalue weighted by Crippen LogP contribution is -2.04. The molecule has 156 valence electrons. The SMILES string of the molecule is CC1=CC(=O)C=CC1=O.Nc1ccc(Nc2ccc([N+](=O)[O-])cc2S(=O)(=O)O)cc1. The van der Waals surface area contributed by atoms with E-state index in [0.29, 0.717) is 16.9 Å². The van der Waals surface area contributed by atoms with Crippen molar-refractivity contribution in [3.05, 3.63) is 76.4 Å². The van der Waals surface area contributed by atoms with Gasteiger partial charge in [-0.25, -0.2) is 0 Å². The summed E-state index contributed by atoms with van der Waals surface area (Å²) in [6, 6.07) is 9.53. The molecule has 10 nitrogen and oxygen atoms in total. The minimum Gasteiger partial charge on any atom is -0.399 e. The van der Waals surface area contributed by atoms with Gasteiger partial charge in [0.1, 0.15) is 4.90 Å². The third kappa shape index (κ3) is 6.09. The second kappa shape index (κ2) is 9.11. The molecule has 0 spiro atoms. The number of rotatable bonds is 4. The summed E-state index contributed by atoms with van der Waals surface area (Å²) in [7, 11) is -4.61. The summed E-state index contributed by atoms with van der Waals surface area (Å²) in [5, 5.41) is 13.4. The van der Waals surface area contributed by atoms with Gasteiger partial charge in [0.15, 0.2) is 11.6 Å². The zero-order valence-electron chi connectivity index (χ0n) is 15.6. The maximum Gasteiger partial charge on any atom is 0.296 e. The number of allylic oxidation sites excluding steroid dienone is 4. The quantitative estimate of drug-likeness (QED) is 0.216. The fourth-order valence-corrected chi connectivity index (χ4v) is 2.95. The number of carbonyl (C=O) groups excluding carboxylic acids is 2. The third-order valence-electron chi connectivity index (χ3n) is 3.79. The van der Waals surface area contributed by atoms with E-state index in [9.17, 15) is 32.7 Å². The molecule has 30 heavy (non-hydrogen) atoms. The van der Waals surface area contributed by atoms with Crippen molar-refractivity contribution in [2.45, 2.75) is 11.8 Å². The van der Waals surface area contributed by atoms with Crippen LogP contribution in [0.1, 0.15) is 6.92 Å². The molecule has 0 atom stereocenters. The van der Waals surface area contributed by atoms with Gasteiger partial charge in [-0.15, -0.1) is 0 Å².